The molecule has 4 nitrogen and oxygen atoms in total. The quantitative estimate of drug-likeness (QED) is 0.389. The Morgan fingerprint density at radius 2 is 2.12 bits per heavy atom. The summed E-state index contributed by atoms with van der Waals surface area (Å²) < 4.78 is 0. The van der Waals surface area contributed by atoms with Gasteiger partial charge in [-0.1, -0.05) is 0 Å². The molecule has 0 saturated carbocycles. The minimum absolute atomic E-state index is 0.142. The van der Waals surface area contributed by atoms with Gasteiger partial charge in [-0.15, -0.1) is 0 Å². The summed E-state index contributed by atoms with van der Waals surface area (Å²) in [6.45, 7) is 3.41. The van der Waals surface area contributed by atoms with Gasteiger partial charge in [-0.05, 0) is 6.92 Å². The fourth-order valence-electron chi connectivity index (χ4n) is 0.0333. The zero-order chi connectivity index (χ0) is 6.99. The van der Waals surface area contributed by atoms with Gasteiger partial charge in [0.1, 0.15) is 12.9 Å². The van der Waals surface area contributed by atoms with E-state index in [1.807, 2.05) is 6.79 Å². The Morgan fingerprint density at radius 3 is 2.12 bits per heavy atom. The van der Waals surface area contributed by atoms with Gasteiger partial charge in [0.15, 0.2) is 0 Å². The predicted molar refractivity (Wildman–Crippen MR) is 27.4 cm³/mol. The molecule has 0 aromatic carbocycles. The molecule has 1 unspecified atom stereocenters. The molecule has 0 aromatic rings. The van der Waals surface area contributed by atoms with E-state index in [1.165, 1.54) is 0 Å². The first kappa shape index (κ1) is 10.5. The lowest BCUT2D eigenvalue weighted by Gasteiger charge is -1.97. The van der Waals surface area contributed by atoms with Gasteiger partial charge in [-0.3, -0.25) is 5.26 Å². The molecule has 0 bridgehead atoms. The number of aliphatic hydroxyl groups excluding tert-OH is 1. The molecule has 0 heterocycles. The molecule has 0 spiro atoms. The standard InChI is InChI=1S/C3H8O3.CH2O/c1-3(2-4)6-5;1-2/h3-5H,2H2,1H3;1H2. The van der Waals surface area contributed by atoms with Crippen LogP contribution in [0, 0.1) is 0 Å². The minimum atomic E-state index is -0.454. The van der Waals surface area contributed by atoms with Crippen molar-refractivity contribution in [3.63, 3.8) is 0 Å². The molecule has 1 atom stereocenters. The highest BCUT2D eigenvalue weighted by molar-refractivity contribution is 5.10. The number of carbonyl (C=O) groups is 1. The second-order valence-electron chi connectivity index (χ2n) is 1.10. The molecule has 0 aliphatic rings. The van der Waals surface area contributed by atoms with Crippen LogP contribution in [-0.2, 0) is 9.68 Å². The molecular weight excluding hydrogens is 112 g/mol. The number of hydrogen-bond donors (Lipinski definition) is 2. The molecule has 8 heavy (non-hydrogen) atoms. The summed E-state index contributed by atoms with van der Waals surface area (Å²) >= 11 is 0. The molecule has 4 heteroatoms. The molecule has 0 aromatic heterocycles. The van der Waals surface area contributed by atoms with Crippen LogP contribution >= 0.6 is 0 Å². The van der Waals surface area contributed by atoms with Gasteiger partial charge in [-0.2, -0.15) is 0 Å². The van der Waals surface area contributed by atoms with Gasteiger partial charge in [0.05, 0.1) is 6.61 Å². The van der Waals surface area contributed by atoms with Crippen molar-refractivity contribution in [2.75, 3.05) is 6.61 Å². The molecule has 0 aliphatic carbocycles. The summed E-state index contributed by atoms with van der Waals surface area (Å²) in [5, 5.41) is 15.7. The van der Waals surface area contributed by atoms with E-state index < -0.39 is 6.10 Å². The van der Waals surface area contributed by atoms with Crippen molar-refractivity contribution in [3.8, 4) is 0 Å². The van der Waals surface area contributed by atoms with Crippen LogP contribution in [0.2, 0.25) is 0 Å². The smallest absolute Gasteiger partial charge is 0.113 e. The molecule has 0 aliphatic heterocycles. The van der Waals surface area contributed by atoms with Gasteiger partial charge in [-0.25, -0.2) is 4.89 Å². The van der Waals surface area contributed by atoms with E-state index in [-0.39, 0.29) is 6.61 Å². The zero-order valence-corrected chi connectivity index (χ0v) is 4.70. The summed E-state index contributed by atoms with van der Waals surface area (Å²) in [6.07, 6.45) is -0.454. The van der Waals surface area contributed by atoms with Crippen LogP contribution in [0.3, 0.4) is 0 Å². The van der Waals surface area contributed by atoms with Crippen LogP contribution in [0.25, 0.3) is 0 Å². The predicted octanol–water partition coefficient (Wildman–Crippen LogP) is -0.328. The Balaban J connectivity index is 0. The lowest BCUT2D eigenvalue weighted by Crippen LogP contribution is -2.09. The lowest BCUT2D eigenvalue weighted by molar-refractivity contribution is -0.279. The van der Waals surface area contributed by atoms with Crippen LogP contribution in [0.15, 0.2) is 0 Å². The van der Waals surface area contributed by atoms with Crippen molar-refractivity contribution in [2.45, 2.75) is 13.0 Å². The van der Waals surface area contributed by atoms with Crippen molar-refractivity contribution in [1.29, 1.82) is 0 Å². The van der Waals surface area contributed by atoms with E-state index in [9.17, 15) is 0 Å². The van der Waals surface area contributed by atoms with Gasteiger partial charge < -0.3 is 9.90 Å². The molecule has 0 saturated heterocycles. The Labute approximate surface area is 47.6 Å². The third-order valence-electron chi connectivity index (χ3n) is 0.437. The van der Waals surface area contributed by atoms with Crippen molar-refractivity contribution in [3.05, 3.63) is 0 Å². The van der Waals surface area contributed by atoms with Crippen LogP contribution in [0.5, 0.6) is 0 Å². The number of rotatable bonds is 2. The summed E-state index contributed by atoms with van der Waals surface area (Å²) in [4.78, 5) is 11.6. The van der Waals surface area contributed by atoms with Gasteiger partial charge in [0, 0.05) is 0 Å². The van der Waals surface area contributed by atoms with Gasteiger partial charge in [0.25, 0.3) is 0 Å². The first-order valence-corrected chi connectivity index (χ1v) is 2.01. The first-order valence-electron chi connectivity index (χ1n) is 2.01. The highest BCUT2D eigenvalue weighted by Gasteiger charge is 1.92. The summed E-state index contributed by atoms with van der Waals surface area (Å²) in [5.41, 5.74) is 0. The SMILES string of the molecule is C=O.CC(CO)OO. The highest BCUT2D eigenvalue weighted by Crippen LogP contribution is 1.79. The monoisotopic (exact) mass is 122 g/mol. The Bertz CT molecular complexity index is 35.0. The van der Waals surface area contributed by atoms with E-state index in [0.29, 0.717) is 0 Å². The largest absolute Gasteiger partial charge is 0.394 e. The summed E-state index contributed by atoms with van der Waals surface area (Å²) in [5.74, 6) is 0. The van der Waals surface area contributed by atoms with Crippen molar-refractivity contribution < 1.29 is 20.0 Å². The second kappa shape index (κ2) is 9.75. The van der Waals surface area contributed by atoms with E-state index in [4.69, 9.17) is 15.2 Å². The van der Waals surface area contributed by atoms with Gasteiger partial charge in [0.2, 0.25) is 0 Å². The lowest BCUT2D eigenvalue weighted by atomic mass is 10.5. The van der Waals surface area contributed by atoms with Crippen LogP contribution in [0.1, 0.15) is 6.92 Å². The molecule has 0 radical (unpaired) electrons. The van der Waals surface area contributed by atoms with Crippen molar-refractivity contribution in [2.24, 2.45) is 0 Å². The number of aliphatic hydroxyl groups is 1. The van der Waals surface area contributed by atoms with E-state index in [1.54, 1.807) is 6.92 Å². The molecular formula is C4H10O4. The maximum atomic E-state index is 8.05. The average Bonchev–Trinajstić information content (AvgIpc) is 1.91. The Kier molecular flexibility index (Phi) is 12.8. The summed E-state index contributed by atoms with van der Waals surface area (Å²) in [7, 11) is 0. The number of hydrogen-bond acceptors (Lipinski definition) is 4. The minimum Gasteiger partial charge on any atom is -0.394 e. The van der Waals surface area contributed by atoms with E-state index in [0.717, 1.165) is 0 Å². The maximum absolute atomic E-state index is 8.05. The third kappa shape index (κ3) is 9.12. The molecule has 2 N–H and O–H groups in total. The first-order chi connectivity index (χ1) is 3.81. The normalized spacial score (nSPS) is 11.4. The molecule has 0 amide bonds. The zero-order valence-electron chi connectivity index (χ0n) is 4.70. The highest BCUT2D eigenvalue weighted by atomic mass is 17.1. The van der Waals surface area contributed by atoms with Crippen molar-refractivity contribution in [1.82, 2.24) is 0 Å². The number of carbonyl (C=O) groups excluding carboxylic acids is 1. The van der Waals surface area contributed by atoms with E-state index in [2.05, 4.69) is 4.89 Å². The van der Waals surface area contributed by atoms with Crippen molar-refractivity contribution >= 4 is 6.79 Å². The fraction of sp³-hybridized carbons (Fsp3) is 0.750. The Hall–Kier alpha value is -0.450. The third-order valence-corrected chi connectivity index (χ3v) is 0.437. The van der Waals surface area contributed by atoms with Crippen LogP contribution in [-0.4, -0.2) is 29.9 Å². The average molecular weight is 122 g/mol. The maximum Gasteiger partial charge on any atom is 0.113 e. The second-order valence-corrected chi connectivity index (χ2v) is 1.10. The molecule has 0 fully saturated rings. The molecule has 0 rings (SSSR count). The Morgan fingerprint density at radius 1 is 1.75 bits per heavy atom. The topological polar surface area (TPSA) is 66.8 Å². The fourth-order valence-corrected chi connectivity index (χ4v) is 0.0333. The van der Waals surface area contributed by atoms with Crippen LogP contribution < -0.4 is 0 Å². The molecule has 50 valence electrons. The van der Waals surface area contributed by atoms with E-state index >= 15 is 0 Å². The summed E-state index contributed by atoms with van der Waals surface area (Å²) in [6, 6.07) is 0. The van der Waals surface area contributed by atoms with Gasteiger partial charge >= 0.3 is 0 Å². The van der Waals surface area contributed by atoms with Crippen LogP contribution in [0.4, 0.5) is 0 Å².